The number of nitrogen functional groups attached to an aromatic ring is 1. The molecular formula is C9H8ClN3. The molecule has 0 spiro atoms. The number of hydrogen-bond donors (Lipinski definition) is 1. The van der Waals surface area contributed by atoms with Crippen LogP contribution in [0.2, 0.25) is 5.02 Å². The highest BCUT2D eigenvalue weighted by Gasteiger charge is 2.01. The minimum Gasteiger partial charge on any atom is -0.397 e. The fourth-order valence-corrected chi connectivity index (χ4v) is 1.29. The molecule has 66 valence electrons. The summed E-state index contributed by atoms with van der Waals surface area (Å²) in [6.45, 7) is 0. The second-order valence-electron chi connectivity index (χ2n) is 2.65. The molecule has 0 saturated heterocycles. The van der Waals surface area contributed by atoms with Crippen LogP contribution in [0.25, 0.3) is 5.69 Å². The topological polar surface area (TPSA) is 43.8 Å². The van der Waals surface area contributed by atoms with E-state index in [9.17, 15) is 0 Å². The fraction of sp³-hybridized carbons (Fsp3) is 0. The van der Waals surface area contributed by atoms with Gasteiger partial charge in [0.2, 0.25) is 0 Å². The molecule has 0 amide bonds. The van der Waals surface area contributed by atoms with E-state index in [1.807, 2.05) is 12.3 Å². The first-order chi connectivity index (χ1) is 6.27. The largest absolute Gasteiger partial charge is 0.397 e. The summed E-state index contributed by atoms with van der Waals surface area (Å²) in [6, 6.07) is 7.13. The van der Waals surface area contributed by atoms with Crippen molar-refractivity contribution in [3.8, 4) is 5.69 Å². The van der Waals surface area contributed by atoms with Gasteiger partial charge in [-0.2, -0.15) is 5.10 Å². The Morgan fingerprint density at radius 1 is 1.38 bits per heavy atom. The highest BCUT2D eigenvalue weighted by atomic mass is 35.5. The van der Waals surface area contributed by atoms with Gasteiger partial charge in [-0.1, -0.05) is 11.6 Å². The quantitative estimate of drug-likeness (QED) is 0.705. The third kappa shape index (κ3) is 1.51. The van der Waals surface area contributed by atoms with Gasteiger partial charge in [0.1, 0.15) is 0 Å². The van der Waals surface area contributed by atoms with Crippen molar-refractivity contribution in [2.45, 2.75) is 0 Å². The Morgan fingerprint density at radius 2 is 2.23 bits per heavy atom. The smallest absolute Gasteiger partial charge is 0.0889 e. The molecule has 13 heavy (non-hydrogen) atoms. The lowest BCUT2D eigenvalue weighted by atomic mass is 10.3. The van der Waals surface area contributed by atoms with Crippen LogP contribution >= 0.6 is 11.6 Å². The van der Waals surface area contributed by atoms with Crippen LogP contribution in [0.1, 0.15) is 0 Å². The molecule has 1 aromatic carbocycles. The summed E-state index contributed by atoms with van der Waals surface area (Å²) in [5, 5.41) is 4.72. The molecule has 0 atom stereocenters. The number of anilines is 1. The van der Waals surface area contributed by atoms with E-state index in [0.29, 0.717) is 10.7 Å². The van der Waals surface area contributed by atoms with Gasteiger partial charge >= 0.3 is 0 Å². The number of benzene rings is 1. The first kappa shape index (κ1) is 8.13. The van der Waals surface area contributed by atoms with Crippen molar-refractivity contribution < 1.29 is 0 Å². The summed E-state index contributed by atoms with van der Waals surface area (Å²) in [5.74, 6) is 0. The molecule has 3 nitrogen and oxygen atoms in total. The Bertz CT molecular complexity index is 409. The zero-order chi connectivity index (χ0) is 9.26. The van der Waals surface area contributed by atoms with Crippen LogP contribution in [0, 0.1) is 0 Å². The summed E-state index contributed by atoms with van der Waals surface area (Å²) in [5.41, 5.74) is 7.22. The Morgan fingerprint density at radius 3 is 2.92 bits per heavy atom. The van der Waals surface area contributed by atoms with E-state index in [1.54, 1.807) is 29.1 Å². The molecule has 4 heteroatoms. The average Bonchev–Trinajstić information content (AvgIpc) is 2.61. The van der Waals surface area contributed by atoms with Crippen LogP contribution in [0.4, 0.5) is 5.69 Å². The summed E-state index contributed by atoms with van der Waals surface area (Å²) >= 11 is 5.84. The lowest BCUT2D eigenvalue weighted by Crippen LogP contribution is -1.99. The van der Waals surface area contributed by atoms with Crippen LogP contribution in [0.5, 0.6) is 0 Å². The molecule has 0 fully saturated rings. The number of hydrogen-bond acceptors (Lipinski definition) is 2. The number of nitrogens with zero attached hydrogens (tertiary/aromatic N) is 2. The Labute approximate surface area is 80.7 Å². The van der Waals surface area contributed by atoms with Gasteiger partial charge in [-0.15, -0.1) is 0 Å². The number of halogens is 1. The van der Waals surface area contributed by atoms with E-state index < -0.39 is 0 Å². The third-order valence-corrected chi connectivity index (χ3v) is 1.98. The second kappa shape index (κ2) is 3.11. The third-order valence-electron chi connectivity index (χ3n) is 1.74. The molecule has 0 saturated carbocycles. The second-order valence-corrected chi connectivity index (χ2v) is 3.09. The molecule has 0 aliphatic heterocycles. The lowest BCUT2D eigenvalue weighted by molar-refractivity contribution is 0.883. The van der Waals surface area contributed by atoms with Gasteiger partial charge < -0.3 is 5.73 Å². The lowest BCUT2D eigenvalue weighted by Gasteiger charge is -2.05. The number of aromatic nitrogens is 2. The Kier molecular flexibility index (Phi) is 1.94. The van der Waals surface area contributed by atoms with Crippen molar-refractivity contribution in [3.05, 3.63) is 41.7 Å². The van der Waals surface area contributed by atoms with Gasteiger partial charge in [-0.05, 0) is 24.3 Å². The zero-order valence-corrected chi connectivity index (χ0v) is 7.57. The SMILES string of the molecule is Nc1ccc(Cl)cc1-n1cccn1. The monoisotopic (exact) mass is 193 g/mol. The Hall–Kier alpha value is -1.48. The molecular weight excluding hydrogens is 186 g/mol. The summed E-state index contributed by atoms with van der Waals surface area (Å²) in [6.07, 6.45) is 3.52. The fourth-order valence-electron chi connectivity index (χ4n) is 1.13. The van der Waals surface area contributed by atoms with E-state index in [4.69, 9.17) is 17.3 Å². The molecule has 2 aromatic rings. The molecule has 0 unspecified atom stereocenters. The van der Waals surface area contributed by atoms with E-state index in [1.165, 1.54) is 0 Å². The standard InChI is InChI=1S/C9H8ClN3/c10-7-2-3-8(11)9(6-7)13-5-1-4-12-13/h1-6H,11H2. The van der Waals surface area contributed by atoms with Crippen LogP contribution in [-0.4, -0.2) is 9.78 Å². The highest BCUT2D eigenvalue weighted by Crippen LogP contribution is 2.20. The molecule has 2 rings (SSSR count). The van der Waals surface area contributed by atoms with E-state index in [-0.39, 0.29) is 0 Å². The molecule has 0 aliphatic rings. The van der Waals surface area contributed by atoms with Crippen LogP contribution in [0.15, 0.2) is 36.7 Å². The number of rotatable bonds is 1. The van der Waals surface area contributed by atoms with Crippen LogP contribution in [-0.2, 0) is 0 Å². The van der Waals surface area contributed by atoms with Gasteiger partial charge in [-0.25, -0.2) is 4.68 Å². The predicted octanol–water partition coefficient (Wildman–Crippen LogP) is 2.11. The maximum Gasteiger partial charge on any atom is 0.0889 e. The van der Waals surface area contributed by atoms with Gasteiger partial charge in [0.15, 0.2) is 0 Å². The maximum atomic E-state index is 5.84. The minimum absolute atomic E-state index is 0.653. The molecule has 2 N–H and O–H groups in total. The predicted molar refractivity (Wildman–Crippen MR) is 53.0 cm³/mol. The highest BCUT2D eigenvalue weighted by molar-refractivity contribution is 6.30. The maximum absolute atomic E-state index is 5.84. The van der Waals surface area contributed by atoms with Crippen molar-refractivity contribution >= 4 is 17.3 Å². The molecule has 0 bridgehead atoms. The minimum atomic E-state index is 0.653. The van der Waals surface area contributed by atoms with Crippen LogP contribution in [0.3, 0.4) is 0 Å². The Balaban J connectivity index is 2.57. The first-order valence-corrected chi connectivity index (χ1v) is 4.20. The van der Waals surface area contributed by atoms with Crippen molar-refractivity contribution in [1.29, 1.82) is 0 Å². The van der Waals surface area contributed by atoms with E-state index >= 15 is 0 Å². The van der Waals surface area contributed by atoms with Crippen molar-refractivity contribution in [1.82, 2.24) is 9.78 Å². The first-order valence-electron chi connectivity index (χ1n) is 3.82. The van der Waals surface area contributed by atoms with Crippen molar-refractivity contribution in [2.75, 3.05) is 5.73 Å². The number of nitrogens with two attached hydrogens (primary N) is 1. The van der Waals surface area contributed by atoms with Gasteiger partial charge in [0.25, 0.3) is 0 Å². The van der Waals surface area contributed by atoms with Gasteiger partial charge in [0, 0.05) is 17.4 Å². The van der Waals surface area contributed by atoms with E-state index in [0.717, 1.165) is 5.69 Å². The molecule has 1 heterocycles. The summed E-state index contributed by atoms with van der Waals surface area (Å²) < 4.78 is 1.68. The van der Waals surface area contributed by atoms with Gasteiger partial charge in [0.05, 0.1) is 11.4 Å². The molecule has 0 radical (unpaired) electrons. The van der Waals surface area contributed by atoms with Crippen molar-refractivity contribution in [2.24, 2.45) is 0 Å². The van der Waals surface area contributed by atoms with E-state index in [2.05, 4.69) is 5.10 Å². The average molecular weight is 194 g/mol. The summed E-state index contributed by atoms with van der Waals surface area (Å²) in [7, 11) is 0. The molecule has 1 aromatic heterocycles. The van der Waals surface area contributed by atoms with Crippen molar-refractivity contribution in [3.63, 3.8) is 0 Å². The van der Waals surface area contributed by atoms with Crippen LogP contribution < -0.4 is 5.73 Å². The van der Waals surface area contributed by atoms with Gasteiger partial charge in [-0.3, -0.25) is 0 Å². The zero-order valence-electron chi connectivity index (χ0n) is 6.81. The molecule has 0 aliphatic carbocycles. The normalized spacial score (nSPS) is 10.2. The summed E-state index contributed by atoms with van der Waals surface area (Å²) in [4.78, 5) is 0.